The molecule has 0 aromatic rings. The Morgan fingerprint density at radius 1 is 1.33 bits per heavy atom. The smallest absolute Gasteiger partial charge is 0.195 e. The van der Waals surface area contributed by atoms with Crippen LogP contribution in [0.1, 0.15) is 40.5 Å². The Morgan fingerprint density at radius 2 is 1.94 bits per heavy atom. The molecule has 1 fully saturated rings. The Hall–Kier alpha value is -0.553. The van der Waals surface area contributed by atoms with E-state index in [2.05, 4.69) is 43.9 Å². The van der Waals surface area contributed by atoms with Crippen molar-refractivity contribution < 1.29 is 9.16 Å². The first kappa shape index (κ1) is 15.5. The van der Waals surface area contributed by atoms with E-state index in [0.29, 0.717) is 0 Å². The van der Waals surface area contributed by atoms with Gasteiger partial charge in [0.25, 0.3) is 0 Å². The van der Waals surface area contributed by atoms with Crippen molar-refractivity contribution in [2.24, 2.45) is 5.11 Å². The normalized spacial score (nSPS) is 29.8. The van der Waals surface area contributed by atoms with E-state index in [0.717, 1.165) is 12.8 Å². The fourth-order valence-electron chi connectivity index (χ4n) is 1.75. The van der Waals surface area contributed by atoms with Crippen LogP contribution < -0.4 is 0 Å². The maximum atomic E-state index is 8.47. The summed E-state index contributed by atoms with van der Waals surface area (Å²) in [6.45, 7) is 13.0. The van der Waals surface area contributed by atoms with E-state index >= 15 is 0 Å². The van der Waals surface area contributed by atoms with E-state index in [4.69, 9.17) is 14.7 Å². The Bertz CT molecular complexity index is 335. The van der Waals surface area contributed by atoms with E-state index in [1.54, 1.807) is 0 Å². The zero-order chi connectivity index (χ0) is 14.0. The van der Waals surface area contributed by atoms with Crippen molar-refractivity contribution in [2.75, 3.05) is 0 Å². The summed E-state index contributed by atoms with van der Waals surface area (Å²) in [5.74, 6) is 0. The molecule has 0 spiro atoms. The zero-order valence-electron chi connectivity index (χ0n) is 12.3. The fraction of sp³-hybridized carbons (Fsp3) is 1.00. The Morgan fingerprint density at radius 3 is 2.39 bits per heavy atom. The van der Waals surface area contributed by atoms with E-state index in [1.807, 2.05) is 6.92 Å². The monoisotopic (exact) mass is 271 g/mol. The minimum Gasteiger partial charge on any atom is -0.392 e. The van der Waals surface area contributed by atoms with Gasteiger partial charge in [-0.05, 0) is 43.4 Å². The lowest BCUT2D eigenvalue weighted by atomic mass is 10.0. The quantitative estimate of drug-likeness (QED) is 0.334. The van der Waals surface area contributed by atoms with Crippen LogP contribution in [-0.2, 0) is 9.16 Å². The summed E-state index contributed by atoms with van der Waals surface area (Å²) < 4.78 is 12.1. The molecule has 0 N–H and O–H groups in total. The number of nitrogens with zero attached hydrogens (tertiary/aromatic N) is 3. The first-order valence-electron chi connectivity index (χ1n) is 6.55. The lowest BCUT2D eigenvalue weighted by Crippen LogP contribution is -2.47. The van der Waals surface area contributed by atoms with Gasteiger partial charge < -0.3 is 9.16 Å². The lowest BCUT2D eigenvalue weighted by molar-refractivity contribution is -0.153. The molecule has 6 heteroatoms. The summed E-state index contributed by atoms with van der Waals surface area (Å²) in [5, 5.41) is 3.94. The van der Waals surface area contributed by atoms with E-state index in [-0.39, 0.29) is 23.5 Å². The molecule has 5 nitrogen and oxygen atoms in total. The van der Waals surface area contributed by atoms with Crippen LogP contribution in [0.25, 0.3) is 10.4 Å². The van der Waals surface area contributed by atoms with Gasteiger partial charge in [0, 0.05) is 4.91 Å². The summed E-state index contributed by atoms with van der Waals surface area (Å²) in [5.41, 5.74) is 8.47. The first-order valence-corrected chi connectivity index (χ1v) is 9.45. The molecule has 0 bridgehead atoms. The lowest BCUT2D eigenvalue weighted by Gasteiger charge is -2.42. The summed E-state index contributed by atoms with van der Waals surface area (Å²) in [4.78, 5) is 2.86. The molecule has 0 unspecified atom stereocenters. The molecule has 1 aliphatic rings. The number of azide groups is 1. The third-order valence-electron chi connectivity index (χ3n) is 4.04. The third-order valence-corrected chi connectivity index (χ3v) is 8.50. The van der Waals surface area contributed by atoms with Gasteiger partial charge in [0.15, 0.2) is 8.32 Å². The largest absolute Gasteiger partial charge is 0.392 e. The molecule has 104 valence electrons. The predicted octanol–water partition coefficient (Wildman–Crippen LogP) is 4.21. The first-order chi connectivity index (χ1) is 8.17. The molecule has 18 heavy (non-hydrogen) atoms. The topological polar surface area (TPSA) is 67.2 Å². The van der Waals surface area contributed by atoms with Gasteiger partial charge in [0.1, 0.15) is 6.29 Å². The molecule has 1 saturated heterocycles. The van der Waals surface area contributed by atoms with Crippen LogP contribution in [-0.4, -0.2) is 26.8 Å². The molecule has 0 aromatic carbocycles. The van der Waals surface area contributed by atoms with Crippen LogP contribution in [0.4, 0.5) is 0 Å². The van der Waals surface area contributed by atoms with Gasteiger partial charge in [-0.2, -0.15) is 0 Å². The number of rotatable bonds is 3. The number of hydrogen-bond acceptors (Lipinski definition) is 3. The Kier molecular flexibility index (Phi) is 4.83. The van der Waals surface area contributed by atoms with Gasteiger partial charge in [-0.3, -0.25) is 0 Å². The van der Waals surface area contributed by atoms with Gasteiger partial charge in [-0.15, -0.1) is 0 Å². The molecular weight excluding hydrogens is 246 g/mol. The predicted molar refractivity (Wildman–Crippen MR) is 74.8 cm³/mol. The van der Waals surface area contributed by atoms with Crippen molar-refractivity contribution in [1.29, 1.82) is 0 Å². The van der Waals surface area contributed by atoms with Gasteiger partial charge in [-0.1, -0.05) is 25.9 Å². The standard InChI is InChI=1S/C12H25N3O2Si/c1-9-10(14-15-13)7-8-11(16-9)17-18(5,6)12(2,3)4/h9-11H,7-8H2,1-6H3/t9-,10-,11+/m0/s1. The van der Waals surface area contributed by atoms with Gasteiger partial charge >= 0.3 is 0 Å². The van der Waals surface area contributed by atoms with Gasteiger partial charge in [-0.25, -0.2) is 0 Å². The molecule has 3 atom stereocenters. The molecule has 0 amide bonds. The molecular formula is C12H25N3O2Si. The summed E-state index contributed by atoms with van der Waals surface area (Å²) in [6, 6.07) is -0.0609. The van der Waals surface area contributed by atoms with Gasteiger partial charge in [0.2, 0.25) is 0 Å². The second kappa shape index (κ2) is 5.61. The molecule has 1 aliphatic heterocycles. The highest BCUT2D eigenvalue weighted by molar-refractivity contribution is 6.74. The van der Waals surface area contributed by atoms with Crippen molar-refractivity contribution in [3.05, 3.63) is 10.4 Å². The molecule has 0 aliphatic carbocycles. The van der Waals surface area contributed by atoms with E-state index in [1.165, 1.54) is 0 Å². The second-order valence-electron chi connectivity index (χ2n) is 6.50. The van der Waals surface area contributed by atoms with Crippen LogP contribution >= 0.6 is 0 Å². The van der Waals surface area contributed by atoms with E-state index in [9.17, 15) is 0 Å². The maximum Gasteiger partial charge on any atom is 0.195 e. The molecule has 0 radical (unpaired) electrons. The third kappa shape index (κ3) is 3.72. The van der Waals surface area contributed by atoms with Crippen LogP contribution in [0.2, 0.25) is 18.1 Å². The second-order valence-corrected chi connectivity index (χ2v) is 11.3. The molecule has 0 aromatic heterocycles. The van der Waals surface area contributed by atoms with Crippen molar-refractivity contribution in [3.8, 4) is 0 Å². The van der Waals surface area contributed by atoms with Crippen molar-refractivity contribution in [3.63, 3.8) is 0 Å². The molecule has 1 rings (SSSR count). The SMILES string of the molecule is C[C@@H]1O[C@H](O[Si](C)(C)C(C)(C)C)CC[C@@H]1N=[N+]=[N-]. The highest BCUT2D eigenvalue weighted by Gasteiger charge is 2.41. The Labute approximate surface area is 111 Å². The van der Waals surface area contributed by atoms with Crippen LogP contribution in [0.15, 0.2) is 5.11 Å². The van der Waals surface area contributed by atoms with Crippen LogP contribution in [0.3, 0.4) is 0 Å². The fourth-order valence-corrected chi connectivity index (χ4v) is 2.93. The van der Waals surface area contributed by atoms with Gasteiger partial charge in [0.05, 0.1) is 12.1 Å². The van der Waals surface area contributed by atoms with Crippen LogP contribution in [0, 0.1) is 0 Å². The zero-order valence-corrected chi connectivity index (χ0v) is 13.3. The van der Waals surface area contributed by atoms with Crippen molar-refractivity contribution in [1.82, 2.24) is 0 Å². The van der Waals surface area contributed by atoms with E-state index < -0.39 is 8.32 Å². The van der Waals surface area contributed by atoms with Crippen molar-refractivity contribution in [2.45, 2.75) is 77.1 Å². The number of ether oxygens (including phenoxy) is 1. The highest BCUT2D eigenvalue weighted by atomic mass is 28.4. The average molecular weight is 271 g/mol. The highest BCUT2D eigenvalue weighted by Crippen LogP contribution is 2.38. The Balaban J connectivity index is 2.60. The summed E-state index contributed by atoms with van der Waals surface area (Å²) >= 11 is 0. The minimum absolute atomic E-state index is 0.0609. The van der Waals surface area contributed by atoms with Crippen molar-refractivity contribution >= 4 is 8.32 Å². The summed E-state index contributed by atoms with van der Waals surface area (Å²) in [6.07, 6.45) is 1.43. The number of hydrogen-bond donors (Lipinski definition) is 0. The molecule has 1 heterocycles. The van der Waals surface area contributed by atoms with Crippen LogP contribution in [0.5, 0.6) is 0 Å². The molecule has 0 saturated carbocycles. The average Bonchev–Trinajstić information content (AvgIpc) is 2.20. The summed E-state index contributed by atoms with van der Waals surface area (Å²) in [7, 11) is -1.79. The minimum atomic E-state index is -1.79. The maximum absolute atomic E-state index is 8.47.